The van der Waals surface area contributed by atoms with Gasteiger partial charge in [-0.15, -0.1) is 0 Å². The number of carboxylic acid groups (broad SMARTS) is 4. The van der Waals surface area contributed by atoms with Crippen LogP contribution in [0, 0.1) is 0 Å². The van der Waals surface area contributed by atoms with E-state index >= 15 is 0 Å². The van der Waals surface area contributed by atoms with E-state index in [0.717, 1.165) is 0 Å². The van der Waals surface area contributed by atoms with E-state index in [9.17, 15) is 103 Å². The minimum absolute atomic E-state index is 0.00819. The fourth-order valence-electron chi connectivity index (χ4n) is 16.4. The molecule has 2 aromatic heterocycles. The highest BCUT2D eigenvalue weighted by atomic mass is 35.5. The van der Waals surface area contributed by atoms with Gasteiger partial charge in [-0.2, -0.15) is 17.7 Å². The van der Waals surface area contributed by atoms with Gasteiger partial charge in [0, 0.05) is 161 Å². The molecular weight excluding hydrogens is 1950 g/mol. The van der Waals surface area contributed by atoms with Gasteiger partial charge in [0.2, 0.25) is 59.1 Å². The molecule has 11 amide bonds. The largest absolute Gasteiger partial charge is 0.508 e. The number of benzene rings is 4. The number of hydrogen-bond acceptors (Lipinski definition) is 31. The third kappa shape index (κ3) is 35.7. The zero-order valence-corrected chi connectivity index (χ0v) is 82.5. The van der Waals surface area contributed by atoms with Crippen molar-refractivity contribution in [3.63, 3.8) is 0 Å². The van der Waals surface area contributed by atoms with Crippen molar-refractivity contribution < 1.29 is 136 Å². The number of hydrogen-bond donors (Lipinski definition) is 17. The highest BCUT2D eigenvalue weighted by Crippen LogP contribution is 2.47. The van der Waals surface area contributed by atoms with Crippen LogP contribution in [0.1, 0.15) is 86.1 Å². The molecule has 4 aromatic carbocycles. The lowest BCUT2D eigenvalue weighted by Gasteiger charge is -2.41. The van der Waals surface area contributed by atoms with Crippen LogP contribution in [0.2, 0.25) is 10.0 Å². The number of nitrogens with zero attached hydrogens (tertiary/aromatic N) is 9. The average molecular weight is 2070 g/mol. The normalized spacial score (nSPS) is 16.3. The third-order valence-electron chi connectivity index (χ3n) is 23.8. The fourth-order valence-corrected chi connectivity index (χ4v) is 17.2. The number of aliphatic hydroxyl groups is 1. The summed E-state index contributed by atoms with van der Waals surface area (Å²) in [5.74, 6) is -11.3. The summed E-state index contributed by atoms with van der Waals surface area (Å²) in [6, 6.07) is 13.2. The summed E-state index contributed by atoms with van der Waals surface area (Å²) in [6.45, 7) is 2.88. The molecule has 10 rings (SSSR count). The molecule has 3 fully saturated rings. The molecule has 784 valence electrons. The number of aromatic amines is 1. The van der Waals surface area contributed by atoms with E-state index in [2.05, 4.69) is 70.4 Å². The van der Waals surface area contributed by atoms with Crippen molar-refractivity contribution in [1.82, 2.24) is 91.7 Å². The van der Waals surface area contributed by atoms with Gasteiger partial charge in [-0.25, -0.2) is 14.5 Å². The van der Waals surface area contributed by atoms with Crippen molar-refractivity contribution in [3.05, 3.63) is 124 Å². The average Bonchev–Trinajstić information content (AvgIpc) is 1.57. The molecule has 0 unspecified atom stereocenters. The summed E-state index contributed by atoms with van der Waals surface area (Å²) in [5.41, 5.74) is 4.23. The number of fused-ring (bicyclic) bond motifs is 3. The van der Waals surface area contributed by atoms with E-state index in [1.165, 1.54) is 48.8 Å². The Morgan fingerprint density at radius 1 is 0.590 bits per heavy atom. The number of rotatable bonds is 54. The van der Waals surface area contributed by atoms with Gasteiger partial charge in [0.15, 0.2) is 5.69 Å². The van der Waals surface area contributed by atoms with Crippen LogP contribution in [-0.4, -0.2) is 407 Å². The molecule has 47 nitrogen and oxygen atoms in total. The van der Waals surface area contributed by atoms with E-state index in [1.54, 1.807) is 71.6 Å². The number of methoxy groups -OCH3 is 1. The molecule has 0 bridgehead atoms. The number of carboxylic acids is 4. The molecule has 6 heterocycles. The quantitative estimate of drug-likeness (QED) is 0.0173. The number of carbonyl (C=O) groups excluding carboxylic acids is 11. The zero-order chi connectivity index (χ0) is 104. The molecule has 0 radical (unpaired) electrons. The minimum Gasteiger partial charge on any atom is -0.508 e. The van der Waals surface area contributed by atoms with Gasteiger partial charge in [-0.05, 0) is 106 Å². The van der Waals surface area contributed by atoms with Crippen LogP contribution in [-0.2, 0) is 110 Å². The third-order valence-corrected chi connectivity index (χ3v) is 24.6. The summed E-state index contributed by atoms with van der Waals surface area (Å²) in [6.07, 6.45) is 3.14. The number of imidazole rings is 1. The number of thiol groups is 1. The van der Waals surface area contributed by atoms with Crippen LogP contribution < -0.4 is 57.3 Å². The number of ether oxygens (including phenoxy) is 7. The smallest absolute Gasteiger partial charge is 0.327 e. The van der Waals surface area contributed by atoms with Gasteiger partial charge in [-0.3, -0.25) is 86.7 Å². The van der Waals surface area contributed by atoms with Gasteiger partial charge >= 0.3 is 23.9 Å². The number of aliphatic hydroxyl groups excluding tert-OH is 1. The van der Waals surface area contributed by atoms with E-state index in [1.807, 2.05) is 26.0 Å². The number of unbranched alkanes of at least 4 members (excludes halogenated alkanes) is 1. The van der Waals surface area contributed by atoms with Crippen LogP contribution >= 0.6 is 35.8 Å². The molecule has 4 aliphatic rings. The second-order valence-corrected chi connectivity index (χ2v) is 36.3. The number of carbonyl (C=O) groups is 15. The Kier molecular flexibility index (Phi) is 44.9. The van der Waals surface area contributed by atoms with E-state index < -0.39 is 145 Å². The van der Waals surface area contributed by atoms with Crippen LogP contribution in [0.5, 0.6) is 17.2 Å². The lowest BCUT2D eigenvalue weighted by molar-refractivity contribution is -0.143. The maximum absolute atomic E-state index is 14.5. The number of nitrogens with one attached hydrogen (secondary N) is 10. The number of aromatic hydroxyl groups is 1. The Labute approximate surface area is 844 Å². The predicted octanol–water partition coefficient (Wildman–Crippen LogP) is -0.220. The molecule has 0 aliphatic carbocycles. The van der Waals surface area contributed by atoms with Crippen molar-refractivity contribution in [3.8, 4) is 45.3 Å². The Balaban J connectivity index is 0.682. The highest BCUT2D eigenvalue weighted by molar-refractivity contribution is 7.80. The van der Waals surface area contributed by atoms with Gasteiger partial charge in [0.25, 0.3) is 5.91 Å². The standard InChI is InChI=1S/C94H125Cl2N19O28S/c1-94(2)56-142-33-30-114(94)92(134)85-68-52-143-76-45-75(137-3)66(44-67(76)86(68)115(108-85)64-41-60(95)40-61(96)42-64)59-8-6-9-62(39-59)102-78(119)17-16-77(118)99-19-31-138-34-36-140-53-80(121)103-69(10-4-5-18-98-79(120)47-109-22-24-110(48-82(123)124)26-28-112(50-84(127)128)29-27-111(25-23-109)49-83(125)126)87(129)100-20-32-139-35-37-141-54-81(122)104-71(38-58-12-14-65(117)15-13-58)91(133)113-21-7-11-74(113)90(132)106-72(51-116)89(131)105-70(43-63-46-97-57-101-63)88(130)107-73(55-144)93(135)136/h6,8-9,12-15,39-42,44-46,57,69-74,116-117,144H,4-5,7,10-11,16-38,43,47-56H2,1-3H3,(H,97,101)(H,98,120)(H,99,118)(H,100,129)(H,102,119)(H,103,121)(H,104,122)(H,105,131)(H,106,132)(H,107,130)(H,123,124)(H,125,126)(H,127,128)(H,135,136)/t69-,70+,71+,72+,73+,74+/m1/s1. The summed E-state index contributed by atoms with van der Waals surface area (Å²) in [7, 11) is 1.52. The molecule has 3 saturated heterocycles. The summed E-state index contributed by atoms with van der Waals surface area (Å²) in [5, 5.41) is 88.2. The molecule has 0 saturated carbocycles. The van der Waals surface area contributed by atoms with Crippen molar-refractivity contribution in [2.75, 3.05) is 202 Å². The molecule has 4 aliphatic heterocycles. The lowest BCUT2D eigenvalue weighted by Crippen LogP contribution is -2.60. The SMILES string of the molecule is COc1cc2c(cc1-c1cccc(NC(=O)CCC(=O)NCCOCCOCC(=O)N[C@H](CCCCNC(=O)CN3CCN(CC(=O)O)CCN(CC(=O)O)CCN(CC(=O)O)CC3)C(=O)NCCOCCOCC(=O)N[C@@H](Cc3ccc(O)cc3)C(=O)N3CCC[C@H]3C(=O)N[C@@H](CO)C(=O)N[C@@H](Cc3c[nH]cn3)C(=O)N[C@@H](CS)C(=O)O)c1)-c1c(c(C(=O)N3CCOCC3(C)C)nn1-c1cc(Cl)cc(Cl)c1)CO2. The molecular formula is C94H125Cl2N19O28S. The van der Waals surface area contributed by atoms with Crippen molar-refractivity contribution in [2.45, 2.75) is 120 Å². The van der Waals surface area contributed by atoms with Crippen molar-refractivity contribution in [1.29, 1.82) is 0 Å². The van der Waals surface area contributed by atoms with Crippen molar-refractivity contribution in [2.24, 2.45) is 0 Å². The predicted molar refractivity (Wildman–Crippen MR) is 521 cm³/mol. The Morgan fingerprint density at radius 3 is 1.77 bits per heavy atom. The summed E-state index contributed by atoms with van der Waals surface area (Å²) >= 11 is 17.1. The molecule has 50 heteroatoms. The number of amides is 11. The first-order chi connectivity index (χ1) is 69.0. The summed E-state index contributed by atoms with van der Waals surface area (Å²) < 4.78 is 42.2. The molecule has 6 atom stereocenters. The number of morpholine rings is 1. The maximum Gasteiger partial charge on any atom is 0.327 e. The fraction of sp³-hybridized carbons (Fsp3) is 0.521. The first-order valence-corrected chi connectivity index (χ1v) is 48.4. The van der Waals surface area contributed by atoms with E-state index in [0.29, 0.717) is 105 Å². The monoisotopic (exact) mass is 2070 g/mol. The van der Waals surface area contributed by atoms with E-state index in [-0.39, 0.29) is 219 Å². The van der Waals surface area contributed by atoms with Crippen LogP contribution in [0.15, 0.2) is 91.4 Å². The van der Waals surface area contributed by atoms with Crippen molar-refractivity contribution >= 4 is 130 Å². The second-order valence-electron chi connectivity index (χ2n) is 35.1. The summed E-state index contributed by atoms with van der Waals surface area (Å²) in [4.78, 5) is 215. The Morgan fingerprint density at radius 2 is 1.18 bits per heavy atom. The number of H-pyrrole nitrogens is 1. The molecule has 6 aromatic rings. The molecule has 0 spiro atoms. The van der Waals surface area contributed by atoms with Crippen LogP contribution in [0.3, 0.4) is 0 Å². The van der Waals surface area contributed by atoms with Crippen LogP contribution in [0.25, 0.3) is 28.1 Å². The number of likely N-dealkylation sites (tertiary alicyclic amines) is 1. The second kappa shape index (κ2) is 57.1. The van der Waals surface area contributed by atoms with Crippen LogP contribution in [0.4, 0.5) is 5.69 Å². The van der Waals surface area contributed by atoms with Gasteiger partial charge in [-0.1, -0.05) is 47.5 Å². The number of anilines is 1. The number of phenolic OH excluding ortho intramolecular Hbond substituents is 1. The number of aliphatic carboxylic acids is 4. The molecule has 144 heavy (non-hydrogen) atoms. The van der Waals surface area contributed by atoms with Gasteiger partial charge in [0.05, 0.1) is 122 Å². The molecule has 16 N–H and O–H groups in total. The minimum atomic E-state index is -1.67. The Hall–Kier alpha value is -12.7. The topological polar surface area (TPSA) is 616 Å². The van der Waals surface area contributed by atoms with Gasteiger partial charge in [0.1, 0.15) is 73.3 Å². The lowest BCUT2D eigenvalue weighted by atomic mass is 9.95. The maximum atomic E-state index is 14.5. The van der Waals surface area contributed by atoms with E-state index in [4.69, 9.17) is 61.5 Å². The number of phenols is 1. The number of aromatic nitrogens is 4. The Bertz CT molecular complexity index is 5360. The first-order valence-electron chi connectivity index (χ1n) is 47.0. The zero-order valence-electron chi connectivity index (χ0n) is 80.1. The highest BCUT2D eigenvalue weighted by Gasteiger charge is 2.43. The first kappa shape index (κ1) is 113. The van der Waals surface area contributed by atoms with Gasteiger partial charge < -0.3 is 126 Å². The number of halogens is 2.